The lowest BCUT2D eigenvalue weighted by atomic mass is 10.1. The van der Waals surface area contributed by atoms with Crippen molar-refractivity contribution in [2.45, 2.75) is 5.88 Å². The summed E-state index contributed by atoms with van der Waals surface area (Å²) >= 11 is 5.89. The number of ether oxygens (including phenoxy) is 1. The highest BCUT2D eigenvalue weighted by atomic mass is 35.5. The molecule has 0 unspecified atom stereocenters. The zero-order chi connectivity index (χ0) is 13.7. The lowest BCUT2D eigenvalue weighted by molar-refractivity contribution is 0.343. The maximum atomic E-state index is 13.9. The molecule has 1 aromatic carbocycles. The van der Waals surface area contributed by atoms with Crippen LogP contribution in [0.3, 0.4) is 0 Å². The van der Waals surface area contributed by atoms with Crippen molar-refractivity contribution in [3.63, 3.8) is 0 Å². The highest BCUT2D eigenvalue weighted by Gasteiger charge is 2.15. The fraction of sp³-hybridized carbons (Fsp3) is 0.133. The minimum atomic E-state index is -0.425. The molecule has 2 rings (SSSR count). The molecule has 0 radical (unpaired) electrons. The molecular weight excluding hydrogens is 265 g/mol. The molecule has 0 bridgehead atoms. The van der Waals surface area contributed by atoms with Crippen LogP contribution in [0.15, 0.2) is 49.2 Å². The second-order valence-corrected chi connectivity index (χ2v) is 4.13. The highest BCUT2D eigenvalue weighted by Crippen LogP contribution is 2.33. The van der Waals surface area contributed by atoms with Crippen LogP contribution in [0.25, 0.3) is 11.3 Å². The zero-order valence-corrected chi connectivity index (χ0v) is 11.0. The average molecular weight is 278 g/mol. The van der Waals surface area contributed by atoms with E-state index in [-0.39, 0.29) is 12.4 Å². The molecule has 0 aliphatic carbocycles. The first-order valence-corrected chi connectivity index (χ1v) is 6.33. The van der Waals surface area contributed by atoms with Gasteiger partial charge in [-0.05, 0) is 23.8 Å². The summed E-state index contributed by atoms with van der Waals surface area (Å²) in [5.41, 5.74) is 2.06. The van der Waals surface area contributed by atoms with E-state index in [1.54, 1.807) is 30.5 Å². The van der Waals surface area contributed by atoms with Crippen molar-refractivity contribution in [3.8, 4) is 17.0 Å². The van der Waals surface area contributed by atoms with Crippen LogP contribution in [0, 0.1) is 5.82 Å². The van der Waals surface area contributed by atoms with E-state index in [4.69, 9.17) is 16.3 Å². The summed E-state index contributed by atoms with van der Waals surface area (Å²) in [4.78, 5) is 4.27. The molecule has 0 N–H and O–H groups in total. The van der Waals surface area contributed by atoms with Gasteiger partial charge >= 0.3 is 0 Å². The summed E-state index contributed by atoms with van der Waals surface area (Å²) in [6, 6.07) is 8.39. The number of hydrogen-bond donors (Lipinski definition) is 0. The van der Waals surface area contributed by atoms with E-state index in [0.29, 0.717) is 17.1 Å². The summed E-state index contributed by atoms with van der Waals surface area (Å²) < 4.78 is 19.3. The van der Waals surface area contributed by atoms with Gasteiger partial charge in [0.15, 0.2) is 11.6 Å². The molecule has 0 spiro atoms. The van der Waals surface area contributed by atoms with Crippen molar-refractivity contribution in [3.05, 3.63) is 60.6 Å². The summed E-state index contributed by atoms with van der Waals surface area (Å²) in [5, 5.41) is 0. The van der Waals surface area contributed by atoms with Gasteiger partial charge in [-0.25, -0.2) is 4.39 Å². The molecule has 2 nitrogen and oxygen atoms in total. The highest BCUT2D eigenvalue weighted by molar-refractivity contribution is 6.17. The zero-order valence-electron chi connectivity index (χ0n) is 10.3. The first-order valence-electron chi connectivity index (χ1n) is 5.80. The Balaban J connectivity index is 2.54. The summed E-state index contributed by atoms with van der Waals surface area (Å²) in [6.45, 7) is 3.79. The Morgan fingerprint density at radius 2 is 2.16 bits per heavy atom. The van der Waals surface area contributed by atoms with Gasteiger partial charge in [-0.3, -0.25) is 4.98 Å². The van der Waals surface area contributed by atoms with E-state index in [1.807, 2.05) is 6.07 Å². The third kappa shape index (κ3) is 2.93. The van der Waals surface area contributed by atoms with Crippen molar-refractivity contribution < 1.29 is 9.13 Å². The molecule has 0 saturated carbocycles. The van der Waals surface area contributed by atoms with Gasteiger partial charge < -0.3 is 4.74 Å². The summed E-state index contributed by atoms with van der Waals surface area (Å²) in [7, 11) is 0. The van der Waals surface area contributed by atoms with Crippen LogP contribution < -0.4 is 4.74 Å². The predicted octanol–water partition coefficient (Wildman–Crippen LogP) is 4.19. The first kappa shape index (κ1) is 13.6. The van der Waals surface area contributed by atoms with Crippen molar-refractivity contribution in [1.29, 1.82) is 0 Å². The smallest absolute Gasteiger partial charge is 0.165 e. The molecule has 0 saturated heterocycles. The van der Waals surface area contributed by atoms with Gasteiger partial charge in [-0.1, -0.05) is 24.8 Å². The van der Waals surface area contributed by atoms with Gasteiger partial charge in [-0.15, -0.1) is 11.6 Å². The van der Waals surface area contributed by atoms with E-state index in [9.17, 15) is 4.39 Å². The van der Waals surface area contributed by atoms with Gasteiger partial charge in [0.2, 0.25) is 0 Å². The lowest BCUT2D eigenvalue weighted by Crippen LogP contribution is -2.00. The van der Waals surface area contributed by atoms with Crippen molar-refractivity contribution in [2.75, 3.05) is 6.61 Å². The van der Waals surface area contributed by atoms with E-state index in [2.05, 4.69) is 11.6 Å². The van der Waals surface area contributed by atoms with Crippen LogP contribution >= 0.6 is 11.6 Å². The van der Waals surface area contributed by atoms with E-state index in [0.717, 1.165) is 5.56 Å². The van der Waals surface area contributed by atoms with Crippen LogP contribution in [0.4, 0.5) is 4.39 Å². The third-order valence-corrected chi connectivity index (χ3v) is 2.89. The summed E-state index contributed by atoms with van der Waals surface area (Å²) in [6.07, 6.45) is 3.21. The minimum Gasteiger partial charge on any atom is -0.486 e. The number of para-hydroxylation sites is 1. The molecule has 0 amide bonds. The second kappa shape index (κ2) is 6.34. The van der Waals surface area contributed by atoms with Gasteiger partial charge in [-0.2, -0.15) is 0 Å². The minimum absolute atomic E-state index is 0.174. The van der Waals surface area contributed by atoms with Gasteiger partial charge in [0, 0.05) is 17.6 Å². The van der Waals surface area contributed by atoms with Crippen LogP contribution in [0.5, 0.6) is 5.75 Å². The van der Waals surface area contributed by atoms with Crippen molar-refractivity contribution in [2.24, 2.45) is 0 Å². The lowest BCUT2D eigenvalue weighted by Gasteiger charge is -2.12. The molecule has 1 heterocycles. The molecule has 0 atom stereocenters. The van der Waals surface area contributed by atoms with Crippen molar-refractivity contribution in [1.82, 2.24) is 4.98 Å². The molecular formula is C15H13ClFNO. The number of nitrogens with zero attached hydrogens (tertiary/aromatic N) is 1. The van der Waals surface area contributed by atoms with Crippen LogP contribution in [-0.2, 0) is 5.88 Å². The van der Waals surface area contributed by atoms with E-state index in [1.165, 1.54) is 6.07 Å². The van der Waals surface area contributed by atoms with Crippen LogP contribution in [0.1, 0.15) is 5.56 Å². The molecule has 1 aromatic heterocycles. The fourth-order valence-electron chi connectivity index (χ4n) is 1.77. The average Bonchev–Trinajstić information content (AvgIpc) is 2.46. The van der Waals surface area contributed by atoms with E-state index < -0.39 is 5.82 Å². The standard InChI is InChI=1S/C15H13ClFNO/c1-2-9-19-15-12(6-3-7-13(15)17)14-11(10-16)5-4-8-18-14/h2-8H,1,9-10H2. The van der Waals surface area contributed by atoms with E-state index >= 15 is 0 Å². The Kier molecular flexibility index (Phi) is 4.53. The Morgan fingerprint density at radius 3 is 2.89 bits per heavy atom. The topological polar surface area (TPSA) is 22.1 Å². The molecule has 98 valence electrons. The number of halogens is 2. The number of benzene rings is 1. The number of alkyl halides is 1. The second-order valence-electron chi connectivity index (χ2n) is 3.86. The van der Waals surface area contributed by atoms with Gasteiger partial charge in [0.05, 0.1) is 5.69 Å². The third-order valence-electron chi connectivity index (χ3n) is 2.60. The normalized spacial score (nSPS) is 10.2. The number of hydrogen-bond acceptors (Lipinski definition) is 2. The Hall–Kier alpha value is -1.87. The largest absolute Gasteiger partial charge is 0.486 e. The quantitative estimate of drug-likeness (QED) is 0.604. The first-order chi connectivity index (χ1) is 9.27. The number of pyridine rings is 1. The van der Waals surface area contributed by atoms with Gasteiger partial charge in [0.1, 0.15) is 6.61 Å². The molecule has 4 heteroatoms. The Bertz CT molecular complexity index is 586. The maximum Gasteiger partial charge on any atom is 0.165 e. The molecule has 19 heavy (non-hydrogen) atoms. The predicted molar refractivity (Wildman–Crippen MR) is 74.9 cm³/mol. The van der Waals surface area contributed by atoms with Crippen LogP contribution in [0.2, 0.25) is 0 Å². The SMILES string of the molecule is C=CCOc1c(F)cccc1-c1ncccc1CCl. The molecule has 0 aliphatic rings. The Morgan fingerprint density at radius 1 is 1.32 bits per heavy atom. The van der Waals surface area contributed by atoms with Crippen molar-refractivity contribution >= 4 is 11.6 Å². The molecule has 0 aliphatic heterocycles. The fourth-order valence-corrected chi connectivity index (χ4v) is 1.99. The monoisotopic (exact) mass is 277 g/mol. The van der Waals surface area contributed by atoms with Gasteiger partial charge in [0.25, 0.3) is 0 Å². The number of rotatable bonds is 5. The molecule has 0 fully saturated rings. The van der Waals surface area contributed by atoms with Crippen LogP contribution in [-0.4, -0.2) is 11.6 Å². The number of aromatic nitrogens is 1. The molecule has 2 aromatic rings. The summed E-state index contributed by atoms with van der Waals surface area (Å²) in [5.74, 6) is 0.0543. The Labute approximate surface area is 116 Å². The maximum absolute atomic E-state index is 13.9.